The largest absolute Gasteiger partial charge is 0.367 e. The van der Waals surface area contributed by atoms with Gasteiger partial charge in [-0.2, -0.15) is 5.26 Å². The summed E-state index contributed by atoms with van der Waals surface area (Å²) in [6.07, 6.45) is 2.69. The summed E-state index contributed by atoms with van der Waals surface area (Å²) in [7, 11) is -3.20. The monoisotopic (exact) mass is 542 g/mol. The Labute approximate surface area is 219 Å². The second-order valence-electron chi connectivity index (χ2n) is 8.78. The third kappa shape index (κ3) is 5.12. The van der Waals surface area contributed by atoms with Crippen LogP contribution in [0.3, 0.4) is 0 Å². The molecule has 0 bridgehead atoms. The van der Waals surface area contributed by atoms with E-state index in [-0.39, 0.29) is 28.5 Å². The van der Waals surface area contributed by atoms with E-state index in [1.165, 1.54) is 4.90 Å². The number of thioether (sulfide) groups is 1. The van der Waals surface area contributed by atoms with Crippen LogP contribution in [-0.2, 0) is 27.7 Å². The van der Waals surface area contributed by atoms with Gasteiger partial charge < -0.3 is 5.32 Å². The Kier molecular flexibility index (Phi) is 7.68. The molecule has 0 spiro atoms. The quantitative estimate of drug-likeness (QED) is 0.418. The van der Waals surface area contributed by atoms with Crippen LogP contribution in [-0.4, -0.2) is 45.7 Å². The average molecular weight is 543 g/mol. The van der Waals surface area contributed by atoms with Crippen molar-refractivity contribution in [2.75, 3.05) is 16.8 Å². The molecule has 2 aliphatic heterocycles. The molecule has 1 N–H and O–H groups in total. The number of nitriles is 1. The number of thiocarbonyl (C=S) groups is 1. The van der Waals surface area contributed by atoms with Gasteiger partial charge in [0.15, 0.2) is 9.84 Å². The number of rotatable bonds is 7. The number of amides is 1. The van der Waals surface area contributed by atoms with Gasteiger partial charge in [-0.3, -0.25) is 19.1 Å². The molecule has 2 aliphatic rings. The number of carbonyl (C=O) groups excluding carboxylic acids is 1. The Balaban J connectivity index is 1.80. The number of pyridine rings is 1. The van der Waals surface area contributed by atoms with E-state index >= 15 is 0 Å². The van der Waals surface area contributed by atoms with Crippen molar-refractivity contribution in [3.63, 3.8) is 0 Å². The smallest absolute Gasteiger partial charge is 0.270 e. The van der Waals surface area contributed by atoms with Gasteiger partial charge in [0.25, 0.3) is 11.5 Å². The fraction of sp³-hybridized carbons (Fsp3) is 0.360. The molecule has 2 saturated heterocycles. The molecule has 0 radical (unpaired) electrons. The van der Waals surface area contributed by atoms with Gasteiger partial charge in [-0.05, 0) is 37.0 Å². The van der Waals surface area contributed by atoms with E-state index < -0.39 is 15.9 Å². The van der Waals surface area contributed by atoms with Crippen LogP contribution in [0.1, 0.15) is 42.0 Å². The number of carbonyl (C=O) groups is 1. The number of nitrogens with zero attached hydrogens (tertiary/aromatic N) is 3. The summed E-state index contributed by atoms with van der Waals surface area (Å²) >= 11 is 6.56. The SMILES string of the molecule is CCCn1c(NCc2ccccc2)c(/C=C2/SC(=S)N(C3CCS(=O)(=O)C3)C2=O)c(C)c(C#N)c1=O. The molecule has 3 heterocycles. The first-order valence-electron chi connectivity index (χ1n) is 11.6. The predicted octanol–water partition coefficient (Wildman–Crippen LogP) is 3.44. The van der Waals surface area contributed by atoms with Crippen LogP contribution in [0.5, 0.6) is 0 Å². The molecule has 2 aromatic rings. The van der Waals surface area contributed by atoms with E-state index in [1.807, 2.05) is 43.3 Å². The van der Waals surface area contributed by atoms with Crippen molar-refractivity contribution in [2.45, 2.75) is 45.8 Å². The maximum atomic E-state index is 13.4. The zero-order chi connectivity index (χ0) is 26.0. The van der Waals surface area contributed by atoms with E-state index in [1.54, 1.807) is 17.6 Å². The summed E-state index contributed by atoms with van der Waals surface area (Å²) < 4.78 is 25.8. The first-order chi connectivity index (χ1) is 17.2. The number of nitrogens with one attached hydrogen (secondary N) is 1. The van der Waals surface area contributed by atoms with E-state index in [0.29, 0.717) is 52.1 Å². The standard InChI is InChI=1S/C25H26N4O4S3/c1-3-10-28-22(27-14-17-7-5-4-6-8-17)19(16(2)20(13-26)23(28)30)12-21-24(31)29(25(34)35-21)18-9-11-36(32,33)15-18/h4-8,12,18,27H,3,9-11,14-15H2,1-2H3/b21-12+. The minimum absolute atomic E-state index is 0.0253. The van der Waals surface area contributed by atoms with Gasteiger partial charge in [0.1, 0.15) is 21.8 Å². The van der Waals surface area contributed by atoms with Gasteiger partial charge in [-0.25, -0.2) is 8.42 Å². The Morgan fingerprint density at radius 1 is 1.28 bits per heavy atom. The zero-order valence-electron chi connectivity index (χ0n) is 20.0. The molecule has 0 saturated carbocycles. The number of sulfone groups is 1. The van der Waals surface area contributed by atoms with Crippen molar-refractivity contribution in [1.82, 2.24) is 9.47 Å². The highest BCUT2D eigenvalue weighted by atomic mass is 32.2. The lowest BCUT2D eigenvalue weighted by atomic mass is 10.0. The first-order valence-corrected chi connectivity index (χ1v) is 14.6. The van der Waals surface area contributed by atoms with E-state index in [4.69, 9.17) is 12.2 Å². The van der Waals surface area contributed by atoms with E-state index in [2.05, 4.69) is 5.32 Å². The lowest BCUT2D eigenvalue weighted by Gasteiger charge is -2.21. The highest BCUT2D eigenvalue weighted by molar-refractivity contribution is 8.26. The van der Waals surface area contributed by atoms with Crippen molar-refractivity contribution < 1.29 is 13.2 Å². The lowest BCUT2D eigenvalue weighted by Crippen LogP contribution is -2.39. The Morgan fingerprint density at radius 3 is 2.61 bits per heavy atom. The van der Waals surface area contributed by atoms with Crippen LogP contribution in [0.15, 0.2) is 40.0 Å². The molecule has 1 amide bonds. The highest BCUT2D eigenvalue weighted by Crippen LogP contribution is 2.38. The number of benzene rings is 1. The molecule has 1 aromatic carbocycles. The summed E-state index contributed by atoms with van der Waals surface area (Å²) in [5.41, 5.74) is 1.69. The number of hydrogen-bond acceptors (Lipinski definition) is 8. The van der Waals surface area contributed by atoms with Gasteiger partial charge in [0, 0.05) is 18.7 Å². The molecular weight excluding hydrogens is 517 g/mol. The van der Waals surface area contributed by atoms with Gasteiger partial charge in [0.05, 0.1) is 22.5 Å². The third-order valence-electron chi connectivity index (χ3n) is 6.30. The molecule has 188 valence electrons. The number of anilines is 1. The molecule has 0 aliphatic carbocycles. The molecule has 4 rings (SSSR count). The van der Waals surface area contributed by atoms with Crippen LogP contribution in [0, 0.1) is 18.3 Å². The van der Waals surface area contributed by atoms with Crippen molar-refractivity contribution in [1.29, 1.82) is 5.26 Å². The van der Waals surface area contributed by atoms with Crippen molar-refractivity contribution in [3.05, 3.63) is 67.8 Å². The molecule has 8 nitrogen and oxygen atoms in total. The third-order valence-corrected chi connectivity index (χ3v) is 9.38. The first kappa shape index (κ1) is 26.1. The Bertz CT molecular complexity index is 1460. The summed E-state index contributed by atoms with van der Waals surface area (Å²) in [6, 6.07) is 11.3. The van der Waals surface area contributed by atoms with Crippen molar-refractivity contribution >= 4 is 55.9 Å². The number of hydrogen-bond donors (Lipinski definition) is 1. The molecule has 1 unspecified atom stereocenters. The zero-order valence-corrected chi connectivity index (χ0v) is 22.4. The van der Waals surface area contributed by atoms with E-state index in [9.17, 15) is 23.3 Å². The fourth-order valence-electron chi connectivity index (χ4n) is 4.48. The fourth-order valence-corrected chi connectivity index (χ4v) is 7.56. The molecular formula is C25H26N4O4S3. The minimum Gasteiger partial charge on any atom is -0.367 e. The van der Waals surface area contributed by atoms with Gasteiger partial charge in [-0.1, -0.05) is 61.2 Å². The summed E-state index contributed by atoms with van der Waals surface area (Å²) in [4.78, 5) is 28.2. The van der Waals surface area contributed by atoms with Crippen LogP contribution in [0.25, 0.3) is 6.08 Å². The molecule has 1 atom stereocenters. The summed E-state index contributed by atoms with van der Waals surface area (Å²) in [5, 5.41) is 13.1. The summed E-state index contributed by atoms with van der Waals surface area (Å²) in [6.45, 7) is 4.48. The molecule has 11 heteroatoms. The second-order valence-corrected chi connectivity index (χ2v) is 12.7. The maximum absolute atomic E-state index is 13.4. The van der Waals surface area contributed by atoms with Crippen LogP contribution in [0.2, 0.25) is 0 Å². The van der Waals surface area contributed by atoms with Crippen molar-refractivity contribution in [3.8, 4) is 6.07 Å². The molecule has 1 aromatic heterocycles. The Hall–Kier alpha value is -2.94. The van der Waals surface area contributed by atoms with Crippen molar-refractivity contribution in [2.24, 2.45) is 0 Å². The van der Waals surface area contributed by atoms with Gasteiger partial charge >= 0.3 is 0 Å². The Morgan fingerprint density at radius 2 is 2.00 bits per heavy atom. The predicted molar refractivity (Wildman–Crippen MR) is 146 cm³/mol. The van der Waals surface area contributed by atoms with Crippen LogP contribution >= 0.6 is 24.0 Å². The minimum atomic E-state index is -3.20. The van der Waals surface area contributed by atoms with E-state index in [0.717, 1.165) is 17.3 Å². The van der Waals surface area contributed by atoms with Gasteiger partial charge in [0.2, 0.25) is 0 Å². The van der Waals surface area contributed by atoms with Crippen LogP contribution < -0.4 is 10.9 Å². The topological polar surface area (TPSA) is 112 Å². The van der Waals surface area contributed by atoms with Crippen LogP contribution in [0.4, 0.5) is 5.82 Å². The molecule has 2 fully saturated rings. The second kappa shape index (κ2) is 10.6. The number of aromatic nitrogens is 1. The summed E-state index contributed by atoms with van der Waals surface area (Å²) in [5.74, 6) is 0.104. The molecule has 36 heavy (non-hydrogen) atoms. The highest BCUT2D eigenvalue weighted by Gasteiger charge is 2.42. The normalized spacial score (nSPS) is 20.2. The maximum Gasteiger partial charge on any atom is 0.270 e. The van der Waals surface area contributed by atoms with Gasteiger partial charge in [-0.15, -0.1) is 0 Å². The average Bonchev–Trinajstić information content (AvgIpc) is 3.34. The lowest BCUT2D eigenvalue weighted by molar-refractivity contribution is -0.123.